The van der Waals surface area contributed by atoms with Gasteiger partial charge in [-0.1, -0.05) is 0 Å². The SMILES string of the molecule is CCOCCC[Si]1(C)O[Si](C)(C)O[Si](C)(C)O[Si](C)(C)O1. The van der Waals surface area contributed by atoms with Crippen LogP contribution in [0.3, 0.4) is 0 Å². The van der Waals surface area contributed by atoms with E-state index in [4.69, 9.17) is 21.2 Å². The number of ether oxygens (including phenoxy) is 1. The van der Waals surface area contributed by atoms with Gasteiger partial charge in [0.1, 0.15) is 0 Å². The van der Waals surface area contributed by atoms with Crippen molar-refractivity contribution in [3.63, 3.8) is 0 Å². The summed E-state index contributed by atoms with van der Waals surface area (Å²) in [6.45, 7) is 18.3. The molecule has 126 valence electrons. The largest absolute Gasteiger partial charge is 0.416 e. The van der Waals surface area contributed by atoms with Crippen LogP contribution in [0.25, 0.3) is 0 Å². The first-order chi connectivity index (χ1) is 9.39. The Morgan fingerprint density at radius 3 is 1.57 bits per heavy atom. The van der Waals surface area contributed by atoms with Gasteiger partial charge in [-0.05, 0) is 65.2 Å². The summed E-state index contributed by atoms with van der Waals surface area (Å²) in [6, 6.07) is 0.925. The van der Waals surface area contributed by atoms with Gasteiger partial charge >= 0.3 is 34.2 Å². The molecule has 0 aromatic carbocycles. The van der Waals surface area contributed by atoms with Crippen molar-refractivity contribution in [1.82, 2.24) is 0 Å². The van der Waals surface area contributed by atoms with E-state index in [1.807, 2.05) is 6.92 Å². The Hall–Kier alpha value is 0.668. The zero-order valence-electron chi connectivity index (χ0n) is 14.9. The molecule has 1 heterocycles. The molecule has 1 rings (SSSR count). The van der Waals surface area contributed by atoms with Crippen molar-refractivity contribution in [2.24, 2.45) is 0 Å². The molecule has 5 nitrogen and oxygen atoms in total. The fourth-order valence-corrected chi connectivity index (χ4v) is 24.6. The van der Waals surface area contributed by atoms with Crippen molar-refractivity contribution in [2.75, 3.05) is 13.2 Å². The molecular weight excluding hydrogens is 336 g/mol. The summed E-state index contributed by atoms with van der Waals surface area (Å²) >= 11 is 0. The van der Waals surface area contributed by atoms with E-state index in [1.165, 1.54) is 0 Å². The first-order valence-corrected chi connectivity index (χ1v) is 18.7. The van der Waals surface area contributed by atoms with E-state index >= 15 is 0 Å². The summed E-state index contributed by atoms with van der Waals surface area (Å²) in [5.74, 6) is 0. The third kappa shape index (κ3) is 7.18. The highest BCUT2D eigenvalue weighted by molar-refractivity contribution is 6.93. The minimum Gasteiger partial charge on any atom is -0.416 e. The van der Waals surface area contributed by atoms with Crippen LogP contribution in [0, 0.1) is 0 Å². The fourth-order valence-electron chi connectivity index (χ4n) is 3.05. The Morgan fingerprint density at radius 1 is 0.714 bits per heavy atom. The highest BCUT2D eigenvalue weighted by Crippen LogP contribution is 2.32. The summed E-state index contributed by atoms with van der Waals surface area (Å²) in [4.78, 5) is 0. The van der Waals surface area contributed by atoms with Crippen LogP contribution in [0.5, 0.6) is 0 Å². The normalized spacial score (nSPS) is 26.9. The first-order valence-electron chi connectivity index (χ1n) is 7.77. The highest BCUT2D eigenvalue weighted by atomic mass is 28.5. The van der Waals surface area contributed by atoms with Crippen LogP contribution in [-0.2, 0) is 21.2 Å². The van der Waals surface area contributed by atoms with Crippen molar-refractivity contribution in [1.29, 1.82) is 0 Å². The Balaban J connectivity index is 2.83. The lowest BCUT2D eigenvalue weighted by atomic mass is 10.5. The van der Waals surface area contributed by atoms with Gasteiger partial charge in [0.15, 0.2) is 0 Å². The second-order valence-electron chi connectivity index (χ2n) is 7.04. The van der Waals surface area contributed by atoms with Crippen LogP contribution in [0.2, 0.25) is 51.9 Å². The minimum absolute atomic E-state index is 0.756. The van der Waals surface area contributed by atoms with E-state index in [-0.39, 0.29) is 0 Å². The van der Waals surface area contributed by atoms with Crippen molar-refractivity contribution >= 4 is 34.2 Å². The molecular formula is C12H32O5Si4. The van der Waals surface area contributed by atoms with Crippen LogP contribution < -0.4 is 0 Å². The van der Waals surface area contributed by atoms with Crippen LogP contribution in [0.4, 0.5) is 0 Å². The predicted molar refractivity (Wildman–Crippen MR) is 94.3 cm³/mol. The number of hydrogen-bond donors (Lipinski definition) is 0. The lowest BCUT2D eigenvalue weighted by molar-refractivity contribution is 0.145. The molecule has 1 aliphatic heterocycles. The molecule has 21 heavy (non-hydrogen) atoms. The number of rotatable bonds is 5. The first kappa shape index (κ1) is 19.7. The Morgan fingerprint density at radius 2 is 1.14 bits per heavy atom. The van der Waals surface area contributed by atoms with Crippen molar-refractivity contribution in [3.05, 3.63) is 0 Å². The van der Waals surface area contributed by atoms with Gasteiger partial charge < -0.3 is 21.2 Å². The smallest absolute Gasteiger partial charge is 0.317 e. The quantitative estimate of drug-likeness (QED) is 0.547. The molecule has 0 amide bonds. The second-order valence-corrected chi connectivity index (χ2v) is 21.5. The van der Waals surface area contributed by atoms with E-state index in [1.54, 1.807) is 0 Å². The van der Waals surface area contributed by atoms with E-state index in [0.29, 0.717) is 0 Å². The van der Waals surface area contributed by atoms with Crippen LogP contribution in [-0.4, -0.2) is 47.5 Å². The monoisotopic (exact) mass is 368 g/mol. The zero-order chi connectivity index (χ0) is 16.4. The van der Waals surface area contributed by atoms with Crippen molar-refractivity contribution < 1.29 is 21.2 Å². The average Bonchev–Trinajstić information content (AvgIpc) is 2.17. The molecule has 1 saturated heterocycles. The predicted octanol–water partition coefficient (Wildman–Crippen LogP) is 3.67. The molecule has 0 unspecified atom stereocenters. The van der Waals surface area contributed by atoms with E-state index in [0.717, 1.165) is 25.7 Å². The molecule has 0 radical (unpaired) electrons. The van der Waals surface area contributed by atoms with Gasteiger partial charge in [-0.25, -0.2) is 0 Å². The lowest BCUT2D eigenvalue weighted by Gasteiger charge is -2.47. The van der Waals surface area contributed by atoms with Gasteiger partial charge in [0.05, 0.1) is 0 Å². The average molecular weight is 369 g/mol. The summed E-state index contributed by atoms with van der Waals surface area (Å²) in [5, 5.41) is 0. The van der Waals surface area contributed by atoms with E-state index in [2.05, 4.69) is 45.8 Å². The van der Waals surface area contributed by atoms with Gasteiger partial charge in [0.25, 0.3) is 0 Å². The molecule has 0 N–H and O–H groups in total. The summed E-state index contributed by atoms with van der Waals surface area (Å²) < 4.78 is 31.0. The molecule has 0 aliphatic carbocycles. The standard InChI is InChI=1S/C12H32O5Si4/c1-9-13-11-10-12-21(8)16-19(4,5)14-18(2,3)15-20(6,7)17-21/h9-12H2,1-8H3. The van der Waals surface area contributed by atoms with Gasteiger partial charge in [-0.15, -0.1) is 0 Å². The molecule has 9 heteroatoms. The zero-order valence-corrected chi connectivity index (χ0v) is 18.9. The Labute approximate surface area is 134 Å². The second kappa shape index (κ2) is 7.05. The van der Waals surface area contributed by atoms with Crippen molar-refractivity contribution in [3.8, 4) is 0 Å². The van der Waals surface area contributed by atoms with E-state index in [9.17, 15) is 0 Å². The van der Waals surface area contributed by atoms with Crippen LogP contribution in [0.15, 0.2) is 0 Å². The van der Waals surface area contributed by atoms with Gasteiger partial charge in [-0.2, -0.15) is 0 Å². The molecule has 1 aliphatic rings. The maximum Gasteiger partial charge on any atom is 0.317 e. The number of hydrogen-bond acceptors (Lipinski definition) is 5. The molecule has 0 aromatic heterocycles. The lowest BCUT2D eigenvalue weighted by Crippen LogP contribution is -2.65. The summed E-state index contributed by atoms with van der Waals surface area (Å²) in [6.07, 6.45) is 0.965. The molecule has 0 spiro atoms. The molecule has 0 aromatic rings. The van der Waals surface area contributed by atoms with E-state index < -0.39 is 34.2 Å². The minimum atomic E-state index is -2.29. The van der Waals surface area contributed by atoms with Crippen LogP contribution >= 0.6 is 0 Å². The van der Waals surface area contributed by atoms with Crippen molar-refractivity contribution in [2.45, 2.75) is 65.2 Å². The Bertz CT molecular complexity index is 327. The molecule has 0 bridgehead atoms. The third-order valence-corrected chi connectivity index (χ3v) is 19.5. The fraction of sp³-hybridized carbons (Fsp3) is 1.00. The van der Waals surface area contributed by atoms with Gasteiger partial charge in [0.2, 0.25) is 0 Å². The molecule has 1 fully saturated rings. The maximum atomic E-state index is 6.48. The van der Waals surface area contributed by atoms with Gasteiger partial charge in [0, 0.05) is 13.2 Å². The third-order valence-electron chi connectivity index (χ3n) is 3.03. The van der Waals surface area contributed by atoms with Crippen LogP contribution in [0.1, 0.15) is 13.3 Å². The summed E-state index contributed by atoms with van der Waals surface area (Å²) in [5.41, 5.74) is 0. The highest BCUT2D eigenvalue weighted by Gasteiger charge is 2.52. The summed E-state index contributed by atoms with van der Waals surface area (Å²) in [7, 11) is -8.91. The molecule has 0 saturated carbocycles. The molecule has 0 atom stereocenters. The topological polar surface area (TPSA) is 46.2 Å². The van der Waals surface area contributed by atoms with Gasteiger partial charge in [-0.3, -0.25) is 0 Å². The maximum absolute atomic E-state index is 6.48. The Kier molecular flexibility index (Phi) is 6.62.